The number of methoxy groups -OCH3 is 2. The number of hydrogen-bond acceptors (Lipinski definition) is 5. The summed E-state index contributed by atoms with van der Waals surface area (Å²) >= 11 is 6.01. The summed E-state index contributed by atoms with van der Waals surface area (Å²) in [7, 11) is 3.14. The van der Waals surface area contributed by atoms with Crippen LogP contribution in [0.4, 0.5) is 5.69 Å². The Kier molecular flexibility index (Phi) is 5.25. The van der Waals surface area contributed by atoms with Gasteiger partial charge in [-0.25, -0.2) is 0 Å². The van der Waals surface area contributed by atoms with Crippen LogP contribution in [0, 0.1) is 0 Å². The molecule has 1 aromatic carbocycles. The van der Waals surface area contributed by atoms with Crippen LogP contribution in [0.25, 0.3) is 0 Å². The molecular weight excluding hydrogens is 292 g/mol. The fourth-order valence-corrected chi connectivity index (χ4v) is 2.12. The Morgan fingerprint density at radius 2 is 2.10 bits per heavy atom. The fourth-order valence-electron chi connectivity index (χ4n) is 1.93. The van der Waals surface area contributed by atoms with Gasteiger partial charge < -0.3 is 19.9 Å². The van der Waals surface area contributed by atoms with Crippen LogP contribution in [0.3, 0.4) is 0 Å². The highest BCUT2D eigenvalue weighted by Crippen LogP contribution is 2.30. The Hall–Kier alpha value is -1.98. The summed E-state index contributed by atoms with van der Waals surface area (Å²) in [5, 5.41) is 13.9. The van der Waals surface area contributed by atoms with Crippen molar-refractivity contribution in [3.63, 3.8) is 0 Å². The smallest absolute Gasteiger partial charge is 0.124 e. The number of pyridine rings is 1. The van der Waals surface area contributed by atoms with E-state index in [1.54, 1.807) is 50.9 Å². The maximum absolute atomic E-state index is 10.3. The quantitative estimate of drug-likeness (QED) is 0.859. The van der Waals surface area contributed by atoms with Crippen molar-refractivity contribution in [1.29, 1.82) is 0 Å². The second-order valence-corrected chi connectivity index (χ2v) is 4.77. The molecule has 0 spiro atoms. The summed E-state index contributed by atoms with van der Waals surface area (Å²) in [6, 6.07) is 7.04. The molecule has 0 aliphatic heterocycles. The first-order valence-corrected chi connectivity index (χ1v) is 6.77. The van der Waals surface area contributed by atoms with Gasteiger partial charge in [-0.1, -0.05) is 11.6 Å². The SMILES string of the molecule is COc1ccc(OC)c([C@H](O)CNc2ccncc2Cl)c1. The number of aliphatic hydroxyl groups is 1. The average molecular weight is 309 g/mol. The van der Waals surface area contributed by atoms with Crippen LogP contribution < -0.4 is 14.8 Å². The second-order valence-electron chi connectivity index (χ2n) is 4.36. The van der Waals surface area contributed by atoms with Gasteiger partial charge in [0.15, 0.2) is 0 Å². The lowest BCUT2D eigenvalue weighted by atomic mass is 10.1. The number of nitrogens with zero attached hydrogens (tertiary/aromatic N) is 1. The van der Waals surface area contributed by atoms with E-state index in [9.17, 15) is 5.11 Å². The normalized spacial score (nSPS) is 11.8. The van der Waals surface area contributed by atoms with Crippen molar-refractivity contribution in [3.8, 4) is 11.5 Å². The fraction of sp³-hybridized carbons (Fsp3) is 0.267. The van der Waals surface area contributed by atoms with E-state index in [2.05, 4.69) is 10.3 Å². The van der Waals surface area contributed by atoms with Crippen LogP contribution in [-0.4, -0.2) is 30.9 Å². The molecule has 2 aromatic rings. The van der Waals surface area contributed by atoms with E-state index in [4.69, 9.17) is 21.1 Å². The lowest BCUT2D eigenvalue weighted by Crippen LogP contribution is -2.13. The molecule has 2 N–H and O–H groups in total. The zero-order valence-corrected chi connectivity index (χ0v) is 12.6. The molecule has 1 aromatic heterocycles. The van der Waals surface area contributed by atoms with Crippen molar-refractivity contribution in [3.05, 3.63) is 47.2 Å². The van der Waals surface area contributed by atoms with E-state index in [-0.39, 0.29) is 6.54 Å². The summed E-state index contributed by atoms with van der Waals surface area (Å²) in [4.78, 5) is 3.91. The van der Waals surface area contributed by atoms with E-state index in [1.165, 1.54) is 0 Å². The number of benzene rings is 1. The van der Waals surface area contributed by atoms with Crippen LogP contribution in [0.15, 0.2) is 36.7 Å². The second kappa shape index (κ2) is 7.15. The number of anilines is 1. The Balaban J connectivity index is 2.13. The van der Waals surface area contributed by atoms with E-state index in [0.717, 1.165) is 0 Å². The first kappa shape index (κ1) is 15.4. The Labute approximate surface area is 128 Å². The third-order valence-corrected chi connectivity index (χ3v) is 3.36. The molecule has 0 unspecified atom stereocenters. The molecule has 112 valence electrons. The first-order chi connectivity index (χ1) is 10.2. The number of halogens is 1. The molecular formula is C15H17ClN2O3. The summed E-state index contributed by atoms with van der Waals surface area (Å²) in [6.07, 6.45) is 2.41. The van der Waals surface area contributed by atoms with Crippen LogP contribution >= 0.6 is 11.6 Å². The summed E-state index contributed by atoms with van der Waals surface area (Å²) in [6.45, 7) is 0.285. The molecule has 6 heteroatoms. The summed E-state index contributed by atoms with van der Waals surface area (Å²) in [5.41, 5.74) is 1.36. The van der Waals surface area contributed by atoms with Gasteiger partial charge in [0.2, 0.25) is 0 Å². The highest BCUT2D eigenvalue weighted by Gasteiger charge is 2.15. The number of aliphatic hydroxyl groups excluding tert-OH is 1. The summed E-state index contributed by atoms with van der Waals surface area (Å²) < 4.78 is 10.4. The van der Waals surface area contributed by atoms with Gasteiger partial charge in [-0.3, -0.25) is 4.98 Å². The molecule has 0 saturated heterocycles. The molecule has 0 aliphatic carbocycles. The van der Waals surface area contributed by atoms with E-state index >= 15 is 0 Å². The van der Waals surface area contributed by atoms with Crippen molar-refractivity contribution in [1.82, 2.24) is 4.98 Å². The number of ether oxygens (including phenoxy) is 2. The minimum absolute atomic E-state index is 0.285. The van der Waals surface area contributed by atoms with Gasteiger partial charge in [-0.2, -0.15) is 0 Å². The van der Waals surface area contributed by atoms with Gasteiger partial charge in [0.05, 0.1) is 31.0 Å². The minimum Gasteiger partial charge on any atom is -0.497 e. The standard InChI is InChI=1S/C15H17ClN2O3/c1-20-10-3-4-15(21-2)11(7-10)14(19)9-18-13-5-6-17-8-12(13)16/h3-8,14,19H,9H2,1-2H3,(H,17,18)/t14-/m1/s1. The maximum atomic E-state index is 10.3. The monoisotopic (exact) mass is 308 g/mol. The van der Waals surface area contributed by atoms with Gasteiger partial charge in [-0.15, -0.1) is 0 Å². The van der Waals surface area contributed by atoms with Crippen molar-refractivity contribution in [2.24, 2.45) is 0 Å². The van der Waals surface area contributed by atoms with Crippen LogP contribution in [0.5, 0.6) is 11.5 Å². The zero-order valence-electron chi connectivity index (χ0n) is 11.8. The third-order valence-electron chi connectivity index (χ3n) is 3.05. The van der Waals surface area contributed by atoms with Crippen molar-refractivity contribution in [2.45, 2.75) is 6.10 Å². The number of rotatable bonds is 6. The van der Waals surface area contributed by atoms with Crippen molar-refractivity contribution in [2.75, 3.05) is 26.1 Å². The number of aromatic nitrogens is 1. The minimum atomic E-state index is -0.765. The molecule has 0 saturated carbocycles. The third kappa shape index (κ3) is 3.77. The van der Waals surface area contributed by atoms with Crippen molar-refractivity contribution >= 4 is 17.3 Å². The Bertz CT molecular complexity index is 607. The molecule has 1 atom stereocenters. The lowest BCUT2D eigenvalue weighted by Gasteiger charge is -2.17. The van der Waals surface area contributed by atoms with Crippen LogP contribution in [0.1, 0.15) is 11.7 Å². The zero-order chi connectivity index (χ0) is 15.2. The van der Waals surface area contributed by atoms with Gasteiger partial charge in [0.25, 0.3) is 0 Å². The van der Waals surface area contributed by atoms with Crippen LogP contribution in [0.2, 0.25) is 5.02 Å². The lowest BCUT2D eigenvalue weighted by molar-refractivity contribution is 0.186. The number of hydrogen-bond donors (Lipinski definition) is 2. The molecule has 0 fully saturated rings. The van der Waals surface area contributed by atoms with Crippen LogP contribution in [-0.2, 0) is 0 Å². The van der Waals surface area contributed by atoms with E-state index in [0.29, 0.717) is 27.8 Å². The van der Waals surface area contributed by atoms with E-state index < -0.39 is 6.10 Å². The molecule has 0 radical (unpaired) electrons. The van der Waals surface area contributed by atoms with Gasteiger partial charge in [0.1, 0.15) is 11.5 Å². The predicted octanol–water partition coefficient (Wildman–Crippen LogP) is 2.90. The average Bonchev–Trinajstić information content (AvgIpc) is 2.53. The molecule has 0 aliphatic rings. The maximum Gasteiger partial charge on any atom is 0.124 e. The largest absolute Gasteiger partial charge is 0.497 e. The molecule has 0 amide bonds. The molecule has 1 heterocycles. The molecule has 5 nitrogen and oxygen atoms in total. The van der Waals surface area contributed by atoms with Crippen molar-refractivity contribution < 1.29 is 14.6 Å². The molecule has 2 rings (SSSR count). The Morgan fingerprint density at radius 3 is 2.76 bits per heavy atom. The highest BCUT2D eigenvalue weighted by atomic mass is 35.5. The molecule has 0 bridgehead atoms. The van der Waals surface area contributed by atoms with Gasteiger partial charge in [-0.05, 0) is 24.3 Å². The Morgan fingerprint density at radius 1 is 1.29 bits per heavy atom. The summed E-state index contributed by atoms with van der Waals surface area (Å²) in [5.74, 6) is 1.26. The topological polar surface area (TPSA) is 63.6 Å². The van der Waals surface area contributed by atoms with Gasteiger partial charge >= 0.3 is 0 Å². The number of nitrogens with one attached hydrogen (secondary N) is 1. The van der Waals surface area contributed by atoms with Gasteiger partial charge in [0, 0.05) is 24.5 Å². The van der Waals surface area contributed by atoms with E-state index in [1.807, 2.05) is 0 Å². The predicted molar refractivity (Wildman–Crippen MR) is 82.2 cm³/mol. The molecule has 21 heavy (non-hydrogen) atoms. The first-order valence-electron chi connectivity index (χ1n) is 6.39. The highest BCUT2D eigenvalue weighted by molar-refractivity contribution is 6.33.